The summed E-state index contributed by atoms with van der Waals surface area (Å²) < 4.78 is 13.9. The van der Waals surface area contributed by atoms with Crippen molar-refractivity contribution in [2.24, 2.45) is 0 Å². The maximum Gasteiger partial charge on any atom is 0.254 e. The van der Waals surface area contributed by atoms with Crippen LogP contribution in [0.4, 0.5) is 10.1 Å². The van der Waals surface area contributed by atoms with Gasteiger partial charge in [-0.05, 0) is 30.3 Å². The summed E-state index contributed by atoms with van der Waals surface area (Å²) in [6, 6.07) is 16.1. The van der Waals surface area contributed by atoms with Crippen LogP contribution in [-0.2, 0) is 0 Å². The summed E-state index contributed by atoms with van der Waals surface area (Å²) in [5, 5.41) is 0.867. The number of halogens is 1. The number of fused-ring (bicyclic) bond motifs is 1. The molecule has 0 N–H and O–H groups in total. The third-order valence-corrected chi connectivity index (χ3v) is 4.64. The lowest BCUT2D eigenvalue weighted by Gasteiger charge is -2.36. The van der Waals surface area contributed by atoms with E-state index in [1.165, 1.54) is 6.07 Å². The smallest absolute Gasteiger partial charge is 0.254 e. The van der Waals surface area contributed by atoms with Crippen LogP contribution >= 0.6 is 0 Å². The standard InChI is InChI=1S/C20H18FN3O/c21-17-7-1-2-9-19(17)23-11-13-24(14-12-23)20(25)16-5-3-8-18-15(16)6-4-10-22-18/h1-10H,11-14H2. The molecule has 0 unspecified atom stereocenters. The first kappa shape index (κ1) is 15.6. The number of nitrogens with zero attached hydrogens (tertiary/aromatic N) is 3. The van der Waals surface area contributed by atoms with Crippen molar-refractivity contribution in [3.05, 3.63) is 72.2 Å². The number of para-hydroxylation sites is 1. The number of carbonyl (C=O) groups is 1. The fourth-order valence-electron chi connectivity index (χ4n) is 3.32. The number of rotatable bonds is 2. The second-order valence-corrected chi connectivity index (χ2v) is 6.11. The number of aromatic nitrogens is 1. The molecular formula is C20H18FN3O. The zero-order valence-electron chi connectivity index (χ0n) is 13.7. The highest BCUT2D eigenvalue weighted by Crippen LogP contribution is 2.22. The van der Waals surface area contributed by atoms with Crippen molar-refractivity contribution in [2.75, 3.05) is 31.1 Å². The summed E-state index contributed by atoms with van der Waals surface area (Å²) in [5.74, 6) is -0.214. The Hall–Kier alpha value is -2.95. The van der Waals surface area contributed by atoms with E-state index in [0.29, 0.717) is 37.4 Å². The van der Waals surface area contributed by atoms with Gasteiger partial charge in [-0.15, -0.1) is 0 Å². The first-order chi connectivity index (χ1) is 12.2. The van der Waals surface area contributed by atoms with Crippen LogP contribution in [0.25, 0.3) is 10.9 Å². The fourth-order valence-corrected chi connectivity index (χ4v) is 3.32. The third-order valence-electron chi connectivity index (χ3n) is 4.64. The molecule has 1 aliphatic heterocycles. The van der Waals surface area contributed by atoms with Crippen LogP contribution in [0.3, 0.4) is 0 Å². The van der Waals surface area contributed by atoms with E-state index in [-0.39, 0.29) is 11.7 Å². The molecule has 0 aliphatic carbocycles. The van der Waals surface area contributed by atoms with Gasteiger partial charge in [0.15, 0.2) is 0 Å². The molecule has 5 heteroatoms. The van der Waals surface area contributed by atoms with Crippen molar-refractivity contribution in [1.29, 1.82) is 0 Å². The molecular weight excluding hydrogens is 317 g/mol. The number of piperazine rings is 1. The molecule has 1 fully saturated rings. The van der Waals surface area contributed by atoms with Gasteiger partial charge in [-0.2, -0.15) is 0 Å². The molecule has 1 saturated heterocycles. The third kappa shape index (κ3) is 2.93. The normalized spacial score (nSPS) is 14.8. The summed E-state index contributed by atoms with van der Waals surface area (Å²) >= 11 is 0. The average molecular weight is 335 g/mol. The van der Waals surface area contributed by atoms with Crippen LogP contribution in [0.15, 0.2) is 60.8 Å². The molecule has 1 aliphatic rings. The molecule has 4 rings (SSSR count). The SMILES string of the molecule is O=C(c1cccc2ncccc12)N1CCN(c2ccccc2F)CC1. The predicted octanol–water partition coefficient (Wildman–Crippen LogP) is 3.34. The first-order valence-corrected chi connectivity index (χ1v) is 8.36. The van der Waals surface area contributed by atoms with E-state index < -0.39 is 0 Å². The lowest BCUT2D eigenvalue weighted by molar-refractivity contribution is 0.0748. The maximum absolute atomic E-state index is 13.9. The van der Waals surface area contributed by atoms with Crippen LogP contribution in [0.1, 0.15) is 10.4 Å². The van der Waals surface area contributed by atoms with E-state index in [2.05, 4.69) is 4.98 Å². The van der Waals surface area contributed by atoms with Gasteiger partial charge in [0.2, 0.25) is 0 Å². The maximum atomic E-state index is 13.9. The lowest BCUT2D eigenvalue weighted by atomic mass is 10.1. The predicted molar refractivity (Wildman–Crippen MR) is 96.3 cm³/mol. The van der Waals surface area contributed by atoms with Gasteiger partial charge in [0, 0.05) is 43.3 Å². The average Bonchev–Trinajstić information content (AvgIpc) is 2.67. The second kappa shape index (κ2) is 6.51. The number of anilines is 1. The lowest BCUT2D eigenvalue weighted by Crippen LogP contribution is -2.49. The van der Waals surface area contributed by atoms with Gasteiger partial charge >= 0.3 is 0 Å². The van der Waals surface area contributed by atoms with Gasteiger partial charge in [-0.3, -0.25) is 9.78 Å². The monoisotopic (exact) mass is 335 g/mol. The van der Waals surface area contributed by atoms with E-state index in [1.54, 1.807) is 18.3 Å². The number of benzene rings is 2. The number of carbonyl (C=O) groups excluding carboxylic acids is 1. The highest BCUT2D eigenvalue weighted by atomic mass is 19.1. The number of amides is 1. The van der Waals surface area contributed by atoms with E-state index in [0.717, 1.165) is 10.9 Å². The van der Waals surface area contributed by atoms with Gasteiger partial charge < -0.3 is 9.80 Å². The van der Waals surface area contributed by atoms with Gasteiger partial charge in [0.1, 0.15) is 5.82 Å². The Bertz CT molecular complexity index is 914. The fraction of sp³-hybridized carbons (Fsp3) is 0.200. The summed E-state index contributed by atoms with van der Waals surface area (Å²) in [5.41, 5.74) is 2.09. The van der Waals surface area contributed by atoms with Gasteiger partial charge in [0.25, 0.3) is 5.91 Å². The van der Waals surface area contributed by atoms with E-state index in [4.69, 9.17) is 0 Å². The molecule has 2 heterocycles. The minimum Gasteiger partial charge on any atom is -0.366 e. The molecule has 0 bridgehead atoms. The molecule has 0 saturated carbocycles. The quantitative estimate of drug-likeness (QED) is 0.721. The first-order valence-electron chi connectivity index (χ1n) is 8.36. The van der Waals surface area contributed by atoms with Gasteiger partial charge in [-0.1, -0.05) is 24.3 Å². The molecule has 3 aromatic rings. The highest BCUT2D eigenvalue weighted by Gasteiger charge is 2.24. The topological polar surface area (TPSA) is 36.4 Å². The molecule has 0 radical (unpaired) electrons. The van der Waals surface area contributed by atoms with E-state index in [1.807, 2.05) is 46.2 Å². The van der Waals surface area contributed by atoms with Crippen LogP contribution in [0.5, 0.6) is 0 Å². The summed E-state index contributed by atoms with van der Waals surface area (Å²) in [4.78, 5) is 21.1. The van der Waals surface area contributed by atoms with Crippen LogP contribution in [0, 0.1) is 5.82 Å². The van der Waals surface area contributed by atoms with Crippen molar-refractivity contribution in [3.63, 3.8) is 0 Å². The van der Waals surface area contributed by atoms with Crippen LogP contribution in [-0.4, -0.2) is 42.0 Å². The van der Waals surface area contributed by atoms with Crippen molar-refractivity contribution < 1.29 is 9.18 Å². The largest absolute Gasteiger partial charge is 0.366 e. The van der Waals surface area contributed by atoms with Crippen LogP contribution in [0.2, 0.25) is 0 Å². The Labute approximate surface area is 145 Å². The van der Waals surface area contributed by atoms with Crippen LogP contribution < -0.4 is 4.90 Å². The molecule has 126 valence electrons. The molecule has 0 atom stereocenters. The molecule has 0 spiro atoms. The highest BCUT2D eigenvalue weighted by molar-refractivity contribution is 6.06. The molecule has 1 amide bonds. The molecule has 25 heavy (non-hydrogen) atoms. The Kier molecular flexibility index (Phi) is 4.06. The zero-order valence-corrected chi connectivity index (χ0v) is 13.7. The van der Waals surface area contributed by atoms with Crippen molar-refractivity contribution >= 4 is 22.5 Å². The Morgan fingerprint density at radius 1 is 0.920 bits per heavy atom. The Morgan fingerprint density at radius 2 is 1.72 bits per heavy atom. The number of hydrogen-bond donors (Lipinski definition) is 0. The van der Waals surface area contributed by atoms with E-state index in [9.17, 15) is 9.18 Å². The van der Waals surface area contributed by atoms with E-state index >= 15 is 0 Å². The van der Waals surface area contributed by atoms with Crippen molar-refractivity contribution in [2.45, 2.75) is 0 Å². The number of hydrogen-bond acceptors (Lipinski definition) is 3. The second-order valence-electron chi connectivity index (χ2n) is 6.11. The number of pyridine rings is 1. The van der Waals surface area contributed by atoms with Gasteiger partial charge in [-0.25, -0.2) is 4.39 Å². The summed E-state index contributed by atoms with van der Waals surface area (Å²) in [6.45, 7) is 2.39. The summed E-state index contributed by atoms with van der Waals surface area (Å²) in [7, 11) is 0. The van der Waals surface area contributed by atoms with Crippen molar-refractivity contribution in [3.8, 4) is 0 Å². The Balaban J connectivity index is 1.52. The molecule has 1 aromatic heterocycles. The Morgan fingerprint density at radius 3 is 2.52 bits per heavy atom. The molecule has 2 aromatic carbocycles. The minimum atomic E-state index is -0.220. The van der Waals surface area contributed by atoms with Crippen molar-refractivity contribution in [1.82, 2.24) is 9.88 Å². The van der Waals surface area contributed by atoms with Gasteiger partial charge in [0.05, 0.1) is 11.2 Å². The molecule has 4 nitrogen and oxygen atoms in total. The zero-order chi connectivity index (χ0) is 17.2. The summed E-state index contributed by atoms with van der Waals surface area (Å²) in [6.07, 6.45) is 1.73. The minimum absolute atomic E-state index is 0.00628.